The fourth-order valence-corrected chi connectivity index (χ4v) is 3.35. The third-order valence-electron chi connectivity index (χ3n) is 4.98. The number of aliphatic hydroxyl groups excluding tert-OH is 2. The van der Waals surface area contributed by atoms with Crippen molar-refractivity contribution in [1.82, 2.24) is 24.4 Å². The van der Waals surface area contributed by atoms with Gasteiger partial charge in [-0.2, -0.15) is 4.98 Å². The van der Waals surface area contributed by atoms with Gasteiger partial charge in [0.15, 0.2) is 11.5 Å². The summed E-state index contributed by atoms with van der Waals surface area (Å²) in [5.41, 5.74) is 1.94. The van der Waals surface area contributed by atoms with Crippen LogP contribution in [-0.2, 0) is 6.54 Å². The van der Waals surface area contributed by atoms with E-state index in [0.717, 1.165) is 24.3 Å². The number of hydrogen-bond acceptors (Lipinski definition) is 8. The van der Waals surface area contributed by atoms with Gasteiger partial charge in [-0.1, -0.05) is 0 Å². The van der Waals surface area contributed by atoms with Gasteiger partial charge in [-0.25, -0.2) is 9.78 Å². The first-order valence-corrected chi connectivity index (χ1v) is 9.93. The number of H-pyrrole nitrogens is 1. The monoisotopic (exact) mass is 416 g/mol. The van der Waals surface area contributed by atoms with Crippen LogP contribution in [0.2, 0.25) is 0 Å². The van der Waals surface area contributed by atoms with E-state index in [1.807, 2.05) is 33.2 Å². The minimum absolute atomic E-state index is 0.0754. The summed E-state index contributed by atoms with van der Waals surface area (Å²) in [6.45, 7) is 3.76. The quantitative estimate of drug-likeness (QED) is 0.358. The molecule has 0 spiro atoms. The van der Waals surface area contributed by atoms with Crippen LogP contribution in [-0.4, -0.2) is 74.5 Å². The average Bonchev–Trinajstić information content (AvgIpc) is 2.66. The van der Waals surface area contributed by atoms with Gasteiger partial charge in [-0.15, -0.1) is 0 Å². The van der Waals surface area contributed by atoms with Crippen molar-refractivity contribution in [2.75, 3.05) is 39.1 Å². The number of nitrogens with zero attached hydrogens (tertiary/aromatic N) is 4. The molecule has 2 aliphatic heterocycles. The molecule has 2 aliphatic rings. The van der Waals surface area contributed by atoms with Gasteiger partial charge in [0.2, 0.25) is 0 Å². The zero-order chi connectivity index (χ0) is 21.8. The Morgan fingerprint density at radius 3 is 2.70 bits per heavy atom. The number of benzene rings is 1. The molecule has 1 aromatic rings. The summed E-state index contributed by atoms with van der Waals surface area (Å²) in [5, 5.41) is 22.5. The number of hydrogen-bond donors (Lipinski definition) is 4. The molecule has 0 bridgehead atoms. The number of nitrogens with one attached hydrogen (secondary N) is 2. The van der Waals surface area contributed by atoms with Gasteiger partial charge in [0, 0.05) is 31.9 Å². The van der Waals surface area contributed by atoms with Crippen LogP contribution in [0.3, 0.4) is 0 Å². The number of aliphatic hydroxyl groups is 2. The second-order valence-electron chi connectivity index (χ2n) is 7.65. The molecule has 0 aromatic heterocycles. The van der Waals surface area contributed by atoms with Crippen LogP contribution in [0.1, 0.15) is 18.4 Å². The molecule has 2 heterocycles. The first-order chi connectivity index (χ1) is 14.3. The van der Waals surface area contributed by atoms with Gasteiger partial charge in [-0.3, -0.25) is 9.78 Å². The SMILES string of the molecule is Cc1cc2nc3c(=O)[nH]c(=O)nc-3n(CCC(O)CCO)c2cc1NCCN(C)C. The third kappa shape index (κ3) is 4.84. The molecule has 1 unspecified atom stereocenters. The largest absolute Gasteiger partial charge is 0.396 e. The Hall–Kier alpha value is -2.82. The normalized spacial score (nSPS) is 12.7. The molecular formula is C20H28N6O4. The first-order valence-electron chi connectivity index (χ1n) is 9.93. The van der Waals surface area contributed by atoms with Crippen molar-refractivity contribution < 1.29 is 10.2 Å². The molecule has 4 N–H and O–H groups in total. The maximum atomic E-state index is 12.3. The summed E-state index contributed by atoms with van der Waals surface area (Å²) in [5.74, 6) is 0.176. The summed E-state index contributed by atoms with van der Waals surface area (Å²) in [6, 6.07) is 3.82. The Labute approximate surface area is 173 Å². The third-order valence-corrected chi connectivity index (χ3v) is 4.98. The molecular weight excluding hydrogens is 388 g/mol. The Morgan fingerprint density at radius 2 is 2.00 bits per heavy atom. The van der Waals surface area contributed by atoms with Crippen LogP contribution >= 0.6 is 0 Å². The molecule has 162 valence electrons. The Kier molecular flexibility index (Phi) is 6.80. The van der Waals surface area contributed by atoms with E-state index in [9.17, 15) is 14.7 Å². The standard InChI is InChI=1S/C20H28N6O4/c1-12-10-15-16(11-14(12)21-6-8-25(2)3)26(7-4-13(28)5-9-27)18-17(22-15)19(29)24-20(30)23-18/h10-11,13,21,27-28H,4-9H2,1-3H3,(H,24,29,30). The smallest absolute Gasteiger partial charge is 0.349 e. The van der Waals surface area contributed by atoms with Crippen LogP contribution in [0.4, 0.5) is 5.69 Å². The molecule has 0 fully saturated rings. The number of anilines is 1. The Balaban J connectivity index is 2.14. The van der Waals surface area contributed by atoms with Gasteiger partial charge in [0.25, 0.3) is 5.56 Å². The highest BCUT2D eigenvalue weighted by atomic mass is 16.3. The lowest BCUT2D eigenvalue weighted by molar-refractivity contribution is 0.121. The van der Waals surface area contributed by atoms with Crippen molar-refractivity contribution in [3.63, 3.8) is 0 Å². The molecule has 0 saturated carbocycles. The maximum absolute atomic E-state index is 12.3. The second-order valence-corrected chi connectivity index (χ2v) is 7.65. The Bertz CT molecular complexity index is 1110. The van der Waals surface area contributed by atoms with E-state index in [1.54, 1.807) is 4.57 Å². The molecule has 10 nitrogen and oxygen atoms in total. The summed E-state index contributed by atoms with van der Waals surface area (Å²) >= 11 is 0. The minimum atomic E-state index is -0.741. The van der Waals surface area contributed by atoms with E-state index in [1.165, 1.54) is 0 Å². The maximum Gasteiger partial charge on any atom is 0.349 e. The Morgan fingerprint density at radius 1 is 1.23 bits per heavy atom. The lowest BCUT2D eigenvalue weighted by atomic mass is 10.1. The molecule has 30 heavy (non-hydrogen) atoms. The fraction of sp³-hybridized carbons (Fsp3) is 0.500. The number of aromatic nitrogens is 4. The number of fused-ring (bicyclic) bond motifs is 2. The van der Waals surface area contributed by atoms with Gasteiger partial charge < -0.3 is 25.0 Å². The fourth-order valence-electron chi connectivity index (χ4n) is 3.35. The van der Waals surface area contributed by atoms with Crippen LogP contribution < -0.4 is 16.6 Å². The van der Waals surface area contributed by atoms with Gasteiger partial charge in [-0.05, 0) is 51.6 Å². The van der Waals surface area contributed by atoms with Gasteiger partial charge in [0.05, 0.1) is 17.1 Å². The number of aryl methyl sites for hydroxylation is 2. The zero-order valence-corrected chi connectivity index (χ0v) is 17.5. The molecule has 3 rings (SSSR count). The predicted molar refractivity (Wildman–Crippen MR) is 115 cm³/mol. The van der Waals surface area contributed by atoms with E-state index in [2.05, 4.69) is 25.2 Å². The van der Waals surface area contributed by atoms with Crippen LogP contribution in [0.5, 0.6) is 0 Å². The van der Waals surface area contributed by atoms with Crippen molar-refractivity contribution >= 4 is 16.7 Å². The summed E-state index contributed by atoms with van der Waals surface area (Å²) in [6.07, 6.45) is -0.129. The van der Waals surface area contributed by atoms with Crippen LogP contribution in [0, 0.1) is 6.92 Å². The first kappa shape index (κ1) is 21.9. The summed E-state index contributed by atoms with van der Waals surface area (Å²) in [4.78, 5) is 36.8. The number of aromatic amines is 1. The number of rotatable bonds is 9. The van der Waals surface area contributed by atoms with Crippen LogP contribution in [0.25, 0.3) is 22.6 Å². The van der Waals surface area contributed by atoms with E-state index in [0.29, 0.717) is 24.0 Å². The topological polar surface area (TPSA) is 136 Å². The van der Waals surface area contributed by atoms with Crippen molar-refractivity contribution in [3.05, 3.63) is 38.5 Å². The second kappa shape index (κ2) is 9.33. The van der Waals surface area contributed by atoms with Crippen molar-refractivity contribution in [1.29, 1.82) is 0 Å². The molecule has 0 saturated heterocycles. The summed E-state index contributed by atoms with van der Waals surface area (Å²) in [7, 11) is 4.00. The highest BCUT2D eigenvalue weighted by Gasteiger charge is 2.20. The minimum Gasteiger partial charge on any atom is -0.396 e. The molecule has 0 radical (unpaired) electrons. The highest BCUT2D eigenvalue weighted by molar-refractivity contribution is 5.84. The summed E-state index contributed by atoms with van der Waals surface area (Å²) < 4.78 is 1.74. The highest BCUT2D eigenvalue weighted by Crippen LogP contribution is 2.27. The lowest BCUT2D eigenvalue weighted by Gasteiger charge is -2.20. The predicted octanol–water partition coefficient (Wildman–Crippen LogP) is -0.0000800. The van der Waals surface area contributed by atoms with Gasteiger partial charge >= 0.3 is 5.69 Å². The average molecular weight is 416 g/mol. The number of likely N-dealkylation sites (N-methyl/N-ethyl adjacent to an activating group) is 1. The van der Waals surface area contributed by atoms with Crippen molar-refractivity contribution in [3.8, 4) is 11.5 Å². The van der Waals surface area contributed by atoms with Crippen molar-refractivity contribution in [2.45, 2.75) is 32.4 Å². The van der Waals surface area contributed by atoms with E-state index >= 15 is 0 Å². The zero-order valence-electron chi connectivity index (χ0n) is 17.5. The van der Waals surface area contributed by atoms with E-state index in [-0.39, 0.29) is 24.5 Å². The molecule has 1 aromatic carbocycles. The van der Waals surface area contributed by atoms with Crippen LogP contribution in [0.15, 0.2) is 21.7 Å². The van der Waals surface area contributed by atoms with Crippen molar-refractivity contribution in [2.24, 2.45) is 0 Å². The van der Waals surface area contributed by atoms with E-state index in [4.69, 9.17) is 5.11 Å². The molecule has 0 amide bonds. The molecule has 0 aliphatic carbocycles. The lowest BCUT2D eigenvalue weighted by Crippen LogP contribution is -2.29. The molecule has 10 heteroatoms. The van der Waals surface area contributed by atoms with E-state index < -0.39 is 17.4 Å². The molecule has 1 atom stereocenters. The van der Waals surface area contributed by atoms with Gasteiger partial charge in [0.1, 0.15) is 0 Å².